The van der Waals surface area contributed by atoms with Crippen LogP contribution in [-0.4, -0.2) is 29.2 Å². The summed E-state index contributed by atoms with van der Waals surface area (Å²) >= 11 is 0. The minimum Gasteiger partial charge on any atom is -0.390 e. The van der Waals surface area contributed by atoms with E-state index in [0.29, 0.717) is 13.1 Å². The van der Waals surface area contributed by atoms with E-state index in [1.165, 1.54) is 12.1 Å². The topological polar surface area (TPSA) is 47.3 Å². The highest BCUT2D eigenvalue weighted by molar-refractivity contribution is 5.25. The average Bonchev–Trinajstić information content (AvgIpc) is 2.19. The summed E-state index contributed by atoms with van der Waals surface area (Å²) in [6, 6.07) is 7.67. The number of aliphatic hydroxyl groups excluding tert-OH is 1. The molecule has 1 aliphatic heterocycles. The predicted molar refractivity (Wildman–Crippen MR) is 52.3 cm³/mol. The number of nitrogens with zero attached hydrogens (tertiary/aromatic N) is 2. The lowest BCUT2D eigenvalue weighted by atomic mass is 10.0. The van der Waals surface area contributed by atoms with E-state index in [2.05, 4.69) is 6.07 Å². The van der Waals surface area contributed by atoms with Gasteiger partial charge in [0.25, 0.3) is 0 Å². The summed E-state index contributed by atoms with van der Waals surface area (Å²) in [5, 5.41) is 18.1. The first kappa shape index (κ1) is 10.1. The average molecular weight is 206 g/mol. The third-order valence-electron chi connectivity index (χ3n) is 2.56. The fourth-order valence-corrected chi connectivity index (χ4v) is 1.71. The summed E-state index contributed by atoms with van der Waals surface area (Å²) in [6.45, 7) is 1.02. The Kier molecular flexibility index (Phi) is 2.67. The van der Waals surface area contributed by atoms with Crippen LogP contribution in [-0.2, 0) is 0 Å². The number of β-amino-alcohol motifs (C(OH)–C–C–N with tert-alkyl or cyclic N) is 1. The smallest absolute Gasteiger partial charge is 0.124 e. The predicted octanol–water partition coefficient (Wildman–Crippen LogP) is 1.07. The largest absolute Gasteiger partial charge is 0.390 e. The van der Waals surface area contributed by atoms with E-state index in [-0.39, 0.29) is 18.0 Å². The number of rotatable bonds is 2. The lowest BCUT2D eigenvalue weighted by Gasteiger charge is -2.38. The zero-order chi connectivity index (χ0) is 10.8. The summed E-state index contributed by atoms with van der Waals surface area (Å²) in [5.74, 6) is -0.306. The molecular formula is C11H11FN2O. The van der Waals surface area contributed by atoms with Crippen LogP contribution in [0.4, 0.5) is 4.39 Å². The second kappa shape index (κ2) is 3.97. The molecule has 0 spiro atoms. The third kappa shape index (κ3) is 1.99. The molecule has 0 bridgehead atoms. The Bertz CT molecular complexity index is 379. The van der Waals surface area contributed by atoms with Crippen molar-refractivity contribution in [3.05, 3.63) is 35.6 Å². The van der Waals surface area contributed by atoms with Gasteiger partial charge in [0.05, 0.1) is 12.2 Å². The highest BCUT2D eigenvalue weighted by Gasteiger charge is 2.31. The second-order valence-electron chi connectivity index (χ2n) is 3.69. The highest BCUT2D eigenvalue weighted by atomic mass is 19.1. The zero-order valence-corrected chi connectivity index (χ0v) is 8.10. The quantitative estimate of drug-likeness (QED) is 0.787. The van der Waals surface area contributed by atoms with Crippen LogP contribution in [0.1, 0.15) is 11.6 Å². The van der Waals surface area contributed by atoms with E-state index >= 15 is 0 Å². The van der Waals surface area contributed by atoms with Gasteiger partial charge in [0.15, 0.2) is 0 Å². The molecule has 1 aromatic rings. The van der Waals surface area contributed by atoms with Gasteiger partial charge >= 0.3 is 0 Å². The van der Waals surface area contributed by atoms with Gasteiger partial charge in [0.2, 0.25) is 0 Å². The Hall–Kier alpha value is -1.44. The van der Waals surface area contributed by atoms with Gasteiger partial charge in [-0.3, -0.25) is 4.90 Å². The molecule has 78 valence electrons. The summed E-state index contributed by atoms with van der Waals surface area (Å²) in [4.78, 5) is 1.86. The minimum atomic E-state index is -0.381. The van der Waals surface area contributed by atoms with Crippen LogP contribution in [0.5, 0.6) is 0 Å². The Morgan fingerprint density at radius 3 is 2.47 bits per heavy atom. The lowest BCUT2D eigenvalue weighted by Crippen LogP contribution is -2.51. The fourth-order valence-electron chi connectivity index (χ4n) is 1.71. The zero-order valence-electron chi connectivity index (χ0n) is 8.10. The van der Waals surface area contributed by atoms with Gasteiger partial charge in [-0.2, -0.15) is 5.26 Å². The highest BCUT2D eigenvalue weighted by Crippen LogP contribution is 2.25. The van der Waals surface area contributed by atoms with E-state index < -0.39 is 0 Å². The van der Waals surface area contributed by atoms with Crippen molar-refractivity contribution in [3.63, 3.8) is 0 Å². The van der Waals surface area contributed by atoms with Crippen molar-refractivity contribution in [1.29, 1.82) is 5.26 Å². The van der Waals surface area contributed by atoms with Gasteiger partial charge in [0, 0.05) is 13.1 Å². The van der Waals surface area contributed by atoms with Gasteiger partial charge in [-0.25, -0.2) is 4.39 Å². The molecule has 0 saturated carbocycles. The van der Waals surface area contributed by atoms with Crippen molar-refractivity contribution in [2.24, 2.45) is 0 Å². The number of nitriles is 1. The second-order valence-corrected chi connectivity index (χ2v) is 3.69. The normalized spacial score (nSPS) is 19.3. The van der Waals surface area contributed by atoms with Crippen LogP contribution < -0.4 is 0 Å². The Morgan fingerprint density at radius 1 is 1.40 bits per heavy atom. The van der Waals surface area contributed by atoms with Crippen LogP contribution in [0.3, 0.4) is 0 Å². The maximum absolute atomic E-state index is 12.7. The number of aliphatic hydroxyl groups is 1. The molecule has 3 nitrogen and oxygen atoms in total. The van der Waals surface area contributed by atoms with Crippen molar-refractivity contribution in [2.45, 2.75) is 12.1 Å². The van der Waals surface area contributed by atoms with E-state index in [9.17, 15) is 4.39 Å². The van der Waals surface area contributed by atoms with Gasteiger partial charge < -0.3 is 5.11 Å². The number of halogens is 1. The van der Waals surface area contributed by atoms with Gasteiger partial charge in [0.1, 0.15) is 11.9 Å². The molecular weight excluding hydrogens is 195 g/mol. The summed E-state index contributed by atoms with van der Waals surface area (Å²) in [6.07, 6.45) is -0.332. The molecule has 0 radical (unpaired) electrons. The van der Waals surface area contributed by atoms with Crippen LogP contribution in [0, 0.1) is 17.1 Å². The molecule has 0 aromatic heterocycles. The number of likely N-dealkylation sites (tertiary alicyclic amines) is 1. The van der Waals surface area contributed by atoms with Crippen LogP contribution in [0.15, 0.2) is 24.3 Å². The molecule has 1 fully saturated rings. The number of hydrogen-bond donors (Lipinski definition) is 1. The van der Waals surface area contributed by atoms with Crippen molar-refractivity contribution >= 4 is 0 Å². The maximum Gasteiger partial charge on any atom is 0.124 e. The monoisotopic (exact) mass is 206 g/mol. The molecule has 1 aliphatic rings. The van der Waals surface area contributed by atoms with Crippen molar-refractivity contribution in [3.8, 4) is 6.07 Å². The van der Waals surface area contributed by atoms with Crippen LogP contribution in [0.25, 0.3) is 0 Å². The van der Waals surface area contributed by atoms with Crippen LogP contribution >= 0.6 is 0 Å². The first-order chi connectivity index (χ1) is 7.20. The number of hydrogen-bond acceptors (Lipinski definition) is 3. The molecule has 0 amide bonds. The SMILES string of the molecule is N#C[C@@H](c1ccc(F)cc1)N1CC(O)C1. The molecule has 15 heavy (non-hydrogen) atoms. The standard InChI is InChI=1S/C11H11FN2O/c12-9-3-1-8(2-4-9)11(5-13)14-6-10(15)7-14/h1-4,10-11,15H,6-7H2/t11-/m0/s1. The van der Waals surface area contributed by atoms with E-state index in [1.54, 1.807) is 12.1 Å². The Balaban J connectivity index is 2.14. The lowest BCUT2D eigenvalue weighted by molar-refractivity contribution is -0.0127. The Morgan fingerprint density at radius 2 is 2.00 bits per heavy atom. The van der Waals surface area contributed by atoms with Crippen molar-refractivity contribution in [1.82, 2.24) is 4.90 Å². The molecule has 2 rings (SSSR count). The van der Waals surface area contributed by atoms with Crippen LogP contribution in [0.2, 0.25) is 0 Å². The third-order valence-corrected chi connectivity index (χ3v) is 2.56. The molecule has 4 heteroatoms. The minimum absolute atomic E-state index is 0.306. The van der Waals surface area contributed by atoms with E-state index in [4.69, 9.17) is 10.4 Å². The van der Waals surface area contributed by atoms with Gasteiger partial charge in [-0.05, 0) is 17.7 Å². The first-order valence-electron chi connectivity index (χ1n) is 4.78. The summed E-state index contributed by atoms with van der Waals surface area (Å²) in [5.41, 5.74) is 0.769. The first-order valence-corrected chi connectivity index (χ1v) is 4.78. The van der Waals surface area contributed by atoms with Gasteiger partial charge in [-0.15, -0.1) is 0 Å². The fraction of sp³-hybridized carbons (Fsp3) is 0.364. The molecule has 1 heterocycles. The van der Waals surface area contributed by atoms with Crippen molar-refractivity contribution < 1.29 is 9.50 Å². The van der Waals surface area contributed by atoms with E-state index in [0.717, 1.165) is 5.56 Å². The molecule has 1 N–H and O–H groups in total. The molecule has 0 aliphatic carbocycles. The number of benzene rings is 1. The summed E-state index contributed by atoms with van der Waals surface area (Å²) < 4.78 is 12.7. The van der Waals surface area contributed by atoms with Crippen molar-refractivity contribution in [2.75, 3.05) is 13.1 Å². The van der Waals surface area contributed by atoms with Gasteiger partial charge in [-0.1, -0.05) is 12.1 Å². The molecule has 1 saturated heterocycles. The molecule has 1 aromatic carbocycles. The van der Waals surface area contributed by atoms with E-state index in [1.807, 2.05) is 4.90 Å². The summed E-state index contributed by atoms with van der Waals surface area (Å²) in [7, 11) is 0. The Labute approximate surface area is 87.4 Å². The molecule has 1 atom stereocenters. The molecule has 0 unspecified atom stereocenters. The maximum atomic E-state index is 12.7.